The molecule has 0 unspecified atom stereocenters. The number of ether oxygens (including phenoxy) is 1. The van der Waals surface area contributed by atoms with E-state index in [1.165, 1.54) is 12.3 Å². The van der Waals surface area contributed by atoms with Crippen LogP contribution in [-0.2, 0) is 4.74 Å². The number of aliphatic hydroxyl groups excluding tert-OH is 2. The summed E-state index contributed by atoms with van der Waals surface area (Å²) in [5.74, 6) is -0.0361. The number of carboxylic acid groups (broad SMARTS) is 1. The predicted octanol–water partition coefficient (Wildman–Crippen LogP) is 1.21. The number of amides is 1. The van der Waals surface area contributed by atoms with Crippen molar-refractivity contribution in [2.75, 3.05) is 5.48 Å². The normalized spacial score (nSPS) is 25.2. The highest BCUT2D eigenvalue weighted by Gasteiger charge is 2.50. The van der Waals surface area contributed by atoms with Crippen LogP contribution in [0.25, 0.3) is 0 Å². The average Bonchev–Trinajstić information content (AvgIpc) is 2.96. The molecule has 1 aliphatic rings. The number of rotatable bonds is 9. The van der Waals surface area contributed by atoms with E-state index in [1.807, 2.05) is 13.8 Å². The van der Waals surface area contributed by atoms with E-state index in [2.05, 4.69) is 4.98 Å². The summed E-state index contributed by atoms with van der Waals surface area (Å²) in [6.45, 7) is 5.80. The Labute approximate surface area is 168 Å². The van der Waals surface area contributed by atoms with Crippen molar-refractivity contribution in [1.29, 1.82) is 0 Å². The van der Waals surface area contributed by atoms with Gasteiger partial charge in [-0.15, -0.1) is 0 Å². The van der Waals surface area contributed by atoms with Crippen LogP contribution in [-0.4, -0.2) is 65.5 Å². The molecule has 1 saturated heterocycles. The van der Waals surface area contributed by atoms with Crippen molar-refractivity contribution in [3.63, 3.8) is 0 Å². The predicted molar refractivity (Wildman–Crippen MR) is 102 cm³/mol. The fourth-order valence-corrected chi connectivity index (χ4v) is 3.88. The highest BCUT2D eigenvalue weighted by atomic mass is 16.6. The van der Waals surface area contributed by atoms with Gasteiger partial charge in [-0.3, -0.25) is 20.2 Å². The van der Waals surface area contributed by atoms with Crippen LogP contribution in [0.1, 0.15) is 52.7 Å². The van der Waals surface area contributed by atoms with Crippen LogP contribution in [0.15, 0.2) is 17.1 Å². The van der Waals surface area contributed by atoms with Crippen LogP contribution in [0.4, 0.5) is 10.6 Å². The number of carbonyl (C=O) groups is 1. The van der Waals surface area contributed by atoms with Crippen molar-refractivity contribution < 1.29 is 30.1 Å². The summed E-state index contributed by atoms with van der Waals surface area (Å²) in [6.07, 6.45) is -2.43. The molecule has 29 heavy (non-hydrogen) atoms. The quantitative estimate of drug-likeness (QED) is 0.374. The third-order valence-corrected chi connectivity index (χ3v) is 5.37. The smallest absolute Gasteiger partial charge is 0.409 e. The largest absolute Gasteiger partial charge is 0.465 e. The summed E-state index contributed by atoms with van der Waals surface area (Å²) in [6, 6.07) is 0.807. The van der Waals surface area contributed by atoms with Crippen LogP contribution >= 0.6 is 0 Å². The number of nitrogens with zero attached hydrogens (tertiary/aromatic N) is 3. The monoisotopic (exact) mass is 414 g/mol. The van der Waals surface area contributed by atoms with Crippen molar-refractivity contribution >= 4 is 11.9 Å². The molecule has 11 nitrogen and oxygen atoms in total. The maximum Gasteiger partial charge on any atom is 0.409 e. The first-order valence-corrected chi connectivity index (χ1v) is 9.78. The molecule has 0 spiro atoms. The van der Waals surface area contributed by atoms with E-state index in [4.69, 9.17) is 9.94 Å². The second-order valence-electron chi connectivity index (χ2n) is 7.28. The molecular weight excluding hydrogens is 384 g/mol. The molecule has 5 N–H and O–H groups in total. The van der Waals surface area contributed by atoms with E-state index in [-0.39, 0.29) is 11.7 Å². The van der Waals surface area contributed by atoms with E-state index in [0.717, 1.165) is 35.2 Å². The van der Waals surface area contributed by atoms with Gasteiger partial charge in [0.1, 0.15) is 12.2 Å². The lowest BCUT2D eigenvalue weighted by Gasteiger charge is -2.37. The maximum atomic E-state index is 12.2. The Balaban J connectivity index is 2.32. The van der Waals surface area contributed by atoms with Gasteiger partial charge < -0.3 is 20.1 Å². The summed E-state index contributed by atoms with van der Waals surface area (Å²) >= 11 is 0. The molecule has 2 heterocycles. The summed E-state index contributed by atoms with van der Waals surface area (Å²) in [7, 11) is 0. The molecule has 1 fully saturated rings. The number of hydrogen-bond acceptors (Lipinski definition) is 8. The molecule has 1 amide bonds. The minimum absolute atomic E-state index is 0.0624. The van der Waals surface area contributed by atoms with Gasteiger partial charge in [0.05, 0.1) is 0 Å². The summed E-state index contributed by atoms with van der Waals surface area (Å²) in [4.78, 5) is 28.8. The zero-order chi connectivity index (χ0) is 21.7. The first-order valence-electron chi connectivity index (χ1n) is 9.78. The van der Waals surface area contributed by atoms with Crippen molar-refractivity contribution in [1.82, 2.24) is 14.5 Å². The Morgan fingerprint density at radius 3 is 2.41 bits per heavy atom. The van der Waals surface area contributed by atoms with Crippen LogP contribution in [0.2, 0.25) is 0 Å². The second-order valence-corrected chi connectivity index (χ2v) is 7.28. The number of hydrogen-bond donors (Lipinski definition) is 5. The Bertz CT molecular complexity index is 737. The van der Waals surface area contributed by atoms with E-state index < -0.39 is 42.5 Å². The van der Waals surface area contributed by atoms with E-state index in [9.17, 15) is 24.9 Å². The summed E-state index contributed by atoms with van der Waals surface area (Å²) in [5, 5.41) is 39.6. The molecule has 1 aromatic heterocycles. The lowest BCUT2D eigenvalue weighted by molar-refractivity contribution is -0.114. The van der Waals surface area contributed by atoms with Crippen molar-refractivity contribution in [2.45, 2.75) is 77.2 Å². The molecule has 11 heteroatoms. The Morgan fingerprint density at radius 1 is 1.31 bits per heavy atom. The molecule has 0 aromatic carbocycles. The minimum atomic E-state index is -1.55. The van der Waals surface area contributed by atoms with E-state index >= 15 is 0 Å². The molecule has 0 aliphatic carbocycles. The fourth-order valence-electron chi connectivity index (χ4n) is 3.88. The standard InChI is InChI=1S/C18H30N4O7/c1-4-6-11(7-5-2)10(3)22(18(26)27)16-14(24)13(23)15(29-16)21-9-8-12(20-28)19-17(21)25/h8-11,13-16,23-24,28H,4-7H2,1-3H3,(H,26,27)(H,19,20,25)/t10-,13+,14-,15+,16+/m0/s1. The van der Waals surface area contributed by atoms with Gasteiger partial charge in [-0.05, 0) is 31.7 Å². The zero-order valence-electron chi connectivity index (χ0n) is 16.8. The minimum Gasteiger partial charge on any atom is -0.465 e. The third-order valence-electron chi connectivity index (χ3n) is 5.37. The second kappa shape index (κ2) is 10.0. The molecule has 164 valence electrons. The Hall–Kier alpha value is -2.21. The van der Waals surface area contributed by atoms with Crippen molar-refractivity contribution in [2.24, 2.45) is 5.92 Å². The van der Waals surface area contributed by atoms with Crippen LogP contribution in [0, 0.1) is 5.92 Å². The first kappa shape index (κ1) is 23.1. The molecule has 1 aromatic rings. The van der Waals surface area contributed by atoms with Crippen molar-refractivity contribution in [3.8, 4) is 0 Å². The molecule has 1 aliphatic heterocycles. The van der Waals surface area contributed by atoms with Gasteiger partial charge in [-0.2, -0.15) is 4.98 Å². The Morgan fingerprint density at radius 2 is 1.93 bits per heavy atom. The third kappa shape index (κ3) is 4.86. The molecule has 2 rings (SSSR count). The van der Waals surface area contributed by atoms with E-state index in [1.54, 1.807) is 12.4 Å². The number of anilines is 1. The first-order chi connectivity index (χ1) is 13.8. The van der Waals surface area contributed by atoms with Gasteiger partial charge in [0.15, 0.2) is 18.3 Å². The number of aliphatic hydroxyl groups is 2. The van der Waals surface area contributed by atoms with Crippen LogP contribution in [0.3, 0.4) is 0 Å². The van der Waals surface area contributed by atoms with Crippen LogP contribution in [0.5, 0.6) is 0 Å². The lowest BCUT2D eigenvalue weighted by Crippen LogP contribution is -2.53. The van der Waals surface area contributed by atoms with E-state index in [0.29, 0.717) is 0 Å². The number of nitrogens with one attached hydrogen (secondary N) is 1. The topological polar surface area (TPSA) is 157 Å². The maximum absolute atomic E-state index is 12.2. The van der Waals surface area contributed by atoms with Gasteiger partial charge in [0, 0.05) is 12.2 Å². The molecule has 0 radical (unpaired) electrons. The average molecular weight is 414 g/mol. The van der Waals surface area contributed by atoms with Crippen molar-refractivity contribution in [3.05, 3.63) is 22.7 Å². The number of aromatic nitrogens is 2. The highest BCUT2D eigenvalue weighted by molar-refractivity contribution is 5.66. The van der Waals surface area contributed by atoms with Gasteiger partial charge in [-0.25, -0.2) is 9.59 Å². The molecular formula is C18H30N4O7. The fraction of sp³-hybridized carbons (Fsp3) is 0.722. The zero-order valence-corrected chi connectivity index (χ0v) is 16.8. The summed E-state index contributed by atoms with van der Waals surface area (Å²) in [5.41, 5.74) is 0.894. The molecule has 0 bridgehead atoms. The summed E-state index contributed by atoms with van der Waals surface area (Å²) < 4.78 is 6.60. The molecule has 0 saturated carbocycles. The van der Waals surface area contributed by atoms with Gasteiger partial charge in [0.2, 0.25) is 0 Å². The molecule has 5 atom stereocenters. The van der Waals surface area contributed by atoms with Gasteiger partial charge >= 0.3 is 11.8 Å². The highest BCUT2D eigenvalue weighted by Crippen LogP contribution is 2.34. The van der Waals surface area contributed by atoms with Crippen LogP contribution < -0.4 is 11.2 Å². The SMILES string of the molecule is CCCC(CCC)[C@H](C)N(C(=O)O)[C@@H]1O[C@@H](n2ccc(NO)nc2=O)[C@H](O)[C@@H]1O. The lowest BCUT2D eigenvalue weighted by atomic mass is 9.90. The Kier molecular flexibility index (Phi) is 7.96. The van der Waals surface area contributed by atoms with Gasteiger partial charge in [-0.1, -0.05) is 26.7 Å². The van der Waals surface area contributed by atoms with Gasteiger partial charge in [0.25, 0.3) is 0 Å².